The van der Waals surface area contributed by atoms with E-state index in [9.17, 15) is 4.79 Å². The average Bonchev–Trinajstić information content (AvgIpc) is 3.20. The maximum absolute atomic E-state index is 12.5. The zero-order valence-electron chi connectivity index (χ0n) is 14.4. The number of pyridine rings is 1. The summed E-state index contributed by atoms with van der Waals surface area (Å²) < 4.78 is 13.4. The monoisotopic (exact) mass is 372 g/mol. The number of aromatic nitrogens is 3. The number of carbonyl (C=O) groups excluding carboxylic acids is 1. The Balaban J connectivity index is 1.38. The van der Waals surface area contributed by atoms with Crippen LogP contribution in [-0.2, 0) is 16.0 Å². The van der Waals surface area contributed by atoms with Gasteiger partial charge in [0.2, 0.25) is 5.91 Å². The van der Waals surface area contributed by atoms with Crippen molar-refractivity contribution in [1.82, 2.24) is 19.7 Å². The number of carbonyl (C=O) groups is 1. The molecule has 136 valence electrons. The molecular formula is C18H20N4O3S. The third-order valence-electron chi connectivity index (χ3n) is 4.31. The maximum Gasteiger partial charge on any atom is 0.226 e. The number of thiazole rings is 1. The van der Waals surface area contributed by atoms with Gasteiger partial charge >= 0.3 is 0 Å². The van der Waals surface area contributed by atoms with E-state index >= 15 is 0 Å². The number of fused-ring (bicyclic) bond motifs is 1. The van der Waals surface area contributed by atoms with E-state index in [0.29, 0.717) is 25.4 Å². The van der Waals surface area contributed by atoms with E-state index in [0.717, 1.165) is 16.3 Å². The standard InChI is InChI=1S/C18H20N4O3S/c1-12-2-3-14(9-19-12)25-16-11-24-6-4-15(16)21-17(23)8-13-10-22-5-7-26-18(22)20-13/h2-3,5,7,9-10,15-16H,4,6,8,11H2,1H3,(H,21,23)/t15-,16+/m0/s1. The Bertz CT molecular complexity index is 861. The van der Waals surface area contributed by atoms with Crippen LogP contribution in [0.5, 0.6) is 5.75 Å². The molecule has 0 saturated carbocycles. The summed E-state index contributed by atoms with van der Waals surface area (Å²) in [5, 5.41) is 5.04. The molecule has 1 aliphatic heterocycles. The average molecular weight is 372 g/mol. The van der Waals surface area contributed by atoms with Crippen LogP contribution in [-0.4, -0.2) is 45.6 Å². The molecule has 1 amide bonds. The highest BCUT2D eigenvalue weighted by Gasteiger charge is 2.29. The quantitative estimate of drug-likeness (QED) is 0.741. The number of hydrogen-bond donors (Lipinski definition) is 1. The summed E-state index contributed by atoms with van der Waals surface area (Å²) in [6, 6.07) is 3.69. The Morgan fingerprint density at radius 3 is 3.23 bits per heavy atom. The molecular weight excluding hydrogens is 352 g/mol. The van der Waals surface area contributed by atoms with Crippen LogP contribution in [0.3, 0.4) is 0 Å². The molecule has 4 rings (SSSR count). The number of aryl methyl sites for hydroxylation is 1. The first-order chi connectivity index (χ1) is 12.7. The molecule has 1 saturated heterocycles. The summed E-state index contributed by atoms with van der Waals surface area (Å²) in [5.74, 6) is 0.623. The molecule has 0 bridgehead atoms. The van der Waals surface area contributed by atoms with Crippen molar-refractivity contribution >= 4 is 22.2 Å². The van der Waals surface area contributed by atoms with E-state index in [1.807, 2.05) is 41.2 Å². The molecule has 1 N–H and O–H groups in total. The van der Waals surface area contributed by atoms with Crippen LogP contribution in [0, 0.1) is 6.92 Å². The number of nitrogens with one attached hydrogen (secondary N) is 1. The Hall–Kier alpha value is -2.45. The van der Waals surface area contributed by atoms with E-state index in [1.165, 1.54) is 0 Å². The number of ether oxygens (including phenoxy) is 2. The Labute approximate surface area is 155 Å². The Morgan fingerprint density at radius 1 is 1.50 bits per heavy atom. The van der Waals surface area contributed by atoms with E-state index < -0.39 is 0 Å². The Kier molecular flexibility index (Phi) is 4.85. The number of amides is 1. The molecule has 26 heavy (non-hydrogen) atoms. The van der Waals surface area contributed by atoms with E-state index in [2.05, 4.69) is 15.3 Å². The van der Waals surface area contributed by atoms with Crippen molar-refractivity contribution < 1.29 is 14.3 Å². The summed E-state index contributed by atoms with van der Waals surface area (Å²) in [4.78, 5) is 22.0. The van der Waals surface area contributed by atoms with Crippen LogP contribution in [0.25, 0.3) is 4.96 Å². The summed E-state index contributed by atoms with van der Waals surface area (Å²) in [7, 11) is 0. The van der Waals surface area contributed by atoms with Gasteiger partial charge in [-0.15, -0.1) is 11.3 Å². The lowest BCUT2D eigenvalue weighted by Gasteiger charge is -2.32. The van der Waals surface area contributed by atoms with E-state index in [1.54, 1.807) is 17.5 Å². The van der Waals surface area contributed by atoms with Crippen LogP contribution in [0.15, 0.2) is 36.1 Å². The SMILES string of the molecule is Cc1ccc(O[C@@H]2COCC[C@@H]2NC(=O)Cc2cn3ccsc3n2)cn1. The van der Waals surface area contributed by atoms with Crippen molar-refractivity contribution in [2.24, 2.45) is 0 Å². The van der Waals surface area contributed by atoms with Crippen molar-refractivity contribution in [3.05, 3.63) is 47.5 Å². The lowest BCUT2D eigenvalue weighted by atomic mass is 10.1. The van der Waals surface area contributed by atoms with E-state index in [-0.39, 0.29) is 24.5 Å². The number of hydrogen-bond acceptors (Lipinski definition) is 6. The normalized spacial score (nSPS) is 20.2. The van der Waals surface area contributed by atoms with Crippen LogP contribution in [0.4, 0.5) is 0 Å². The fraction of sp³-hybridized carbons (Fsp3) is 0.389. The second-order valence-electron chi connectivity index (χ2n) is 6.33. The van der Waals surface area contributed by atoms with Crippen LogP contribution >= 0.6 is 11.3 Å². The molecule has 0 spiro atoms. The molecule has 1 aliphatic rings. The predicted molar refractivity (Wildman–Crippen MR) is 97.5 cm³/mol. The fourth-order valence-corrected chi connectivity index (χ4v) is 3.69. The lowest BCUT2D eigenvalue weighted by Crippen LogP contribution is -2.51. The molecule has 0 aliphatic carbocycles. The summed E-state index contributed by atoms with van der Waals surface area (Å²) in [5.41, 5.74) is 1.70. The molecule has 0 radical (unpaired) electrons. The number of rotatable bonds is 5. The lowest BCUT2D eigenvalue weighted by molar-refractivity contribution is -0.123. The second kappa shape index (κ2) is 7.43. The number of imidazole rings is 1. The third kappa shape index (κ3) is 3.86. The van der Waals surface area contributed by atoms with Crippen molar-refractivity contribution in [2.45, 2.75) is 31.9 Å². The molecule has 1 fully saturated rings. The van der Waals surface area contributed by atoms with Crippen LogP contribution < -0.4 is 10.1 Å². The molecule has 3 aromatic rings. The summed E-state index contributed by atoms with van der Waals surface area (Å²) >= 11 is 1.55. The third-order valence-corrected chi connectivity index (χ3v) is 5.08. The van der Waals surface area contributed by atoms with Gasteiger partial charge in [-0.05, 0) is 25.5 Å². The van der Waals surface area contributed by atoms with Gasteiger partial charge in [0.25, 0.3) is 0 Å². The fourth-order valence-electron chi connectivity index (χ4n) is 2.98. The first-order valence-electron chi connectivity index (χ1n) is 8.55. The molecule has 4 heterocycles. The second-order valence-corrected chi connectivity index (χ2v) is 7.20. The van der Waals surface area contributed by atoms with Crippen LogP contribution in [0.2, 0.25) is 0 Å². The first-order valence-corrected chi connectivity index (χ1v) is 9.43. The minimum Gasteiger partial charge on any atom is -0.484 e. The van der Waals surface area contributed by atoms with Gasteiger partial charge in [0.1, 0.15) is 11.9 Å². The van der Waals surface area contributed by atoms with Gasteiger partial charge in [-0.1, -0.05) is 0 Å². The van der Waals surface area contributed by atoms with Crippen LogP contribution in [0.1, 0.15) is 17.8 Å². The van der Waals surface area contributed by atoms with Gasteiger partial charge in [0.15, 0.2) is 4.96 Å². The molecule has 3 aromatic heterocycles. The van der Waals surface area contributed by atoms with Crippen molar-refractivity contribution in [2.75, 3.05) is 13.2 Å². The summed E-state index contributed by atoms with van der Waals surface area (Å²) in [6.45, 7) is 2.98. The van der Waals surface area contributed by atoms with Gasteiger partial charge in [0, 0.05) is 30.1 Å². The highest BCUT2D eigenvalue weighted by Crippen LogP contribution is 2.18. The van der Waals surface area contributed by atoms with E-state index in [4.69, 9.17) is 9.47 Å². The molecule has 7 nitrogen and oxygen atoms in total. The topological polar surface area (TPSA) is 77.8 Å². The zero-order valence-corrected chi connectivity index (χ0v) is 15.2. The molecule has 2 atom stereocenters. The van der Waals surface area contributed by atoms with Gasteiger partial charge < -0.3 is 14.8 Å². The van der Waals surface area contributed by atoms with Gasteiger partial charge in [-0.3, -0.25) is 14.2 Å². The van der Waals surface area contributed by atoms with Gasteiger partial charge in [-0.25, -0.2) is 4.98 Å². The predicted octanol–water partition coefficient (Wildman–Crippen LogP) is 1.99. The summed E-state index contributed by atoms with van der Waals surface area (Å²) in [6.07, 6.45) is 6.26. The minimum atomic E-state index is -0.234. The Morgan fingerprint density at radius 2 is 2.42 bits per heavy atom. The molecule has 0 aromatic carbocycles. The van der Waals surface area contributed by atoms with Gasteiger partial charge in [0.05, 0.1) is 31.0 Å². The van der Waals surface area contributed by atoms with Crippen molar-refractivity contribution in [3.8, 4) is 5.75 Å². The molecule has 0 unspecified atom stereocenters. The minimum absolute atomic E-state index is 0.0571. The highest BCUT2D eigenvalue weighted by atomic mass is 32.1. The van der Waals surface area contributed by atoms with Crippen molar-refractivity contribution in [3.63, 3.8) is 0 Å². The molecule has 8 heteroatoms. The smallest absolute Gasteiger partial charge is 0.226 e. The number of nitrogens with zero attached hydrogens (tertiary/aromatic N) is 3. The van der Waals surface area contributed by atoms with Gasteiger partial charge in [-0.2, -0.15) is 0 Å². The van der Waals surface area contributed by atoms with Crippen molar-refractivity contribution in [1.29, 1.82) is 0 Å². The largest absolute Gasteiger partial charge is 0.484 e. The zero-order chi connectivity index (χ0) is 17.9. The first kappa shape index (κ1) is 17.0. The maximum atomic E-state index is 12.5. The highest BCUT2D eigenvalue weighted by molar-refractivity contribution is 7.15.